The molecule has 4 unspecified atom stereocenters. The normalized spacial score (nSPS) is 40.5. The number of likely N-dealkylation sites (tertiary alicyclic amines) is 1. The van der Waals surface area contributed by atoms with Crippen molar-refractivity contribution < 1.29 is 4.74 Å². The molecule has 106 valence electrons. The van der Waals surface area contributed by atoms with Gasteiger partial charge in [-0.3, -0.25) is 4.90 Å². The van der Waals surface area contributed by atoms with Gasteiger partial charge in [-0.05, 0) is 39.3 Å². The molecule has 1 aliphatic heterocycles. The molecule has 1 aliphatic carbocycles. The lowest BCUT2D eigenvalue weighted by Gasteiger charge is -2.57. The van der Waals surface area contributed by atoms with E-state index in [0.717, 1.165) is 12.5 Å². The number of hydrogen-bond donors (Lipinski definition) is 1. The van der Waals surface area contributed by atoms with E-state index in [0.29, 0.717) is 23.6 Å². The fourth-order valence-corrected chi connectivity index (χ4v) is 3.86. The van der Waals surface area contributed by atoms with Crippen LogP contribution in [0.5, 0.6) is 0 Å². The van der Waals surface area contributed by atoms with Crippen LogP contribution in [0.4, 0.5) is 0 Å². The molecule has 0 aromatic carbocycles. The molecule has 0 aromatic heterocycles. The number of nitrogens with one attached hydrogen (secondary N) is 1. The molecule has 0 spiro atoms. The van der Waals surface area contributed by atoms with E-state index in [1.54, 1.807) is 0 Å². The second-order valence-corrected chi connectivity index (χ2v) is 6.67. The standard InChI is InChI=1S/C15H30N2O/c1-6-18-14-9-13(15(14,3)4)17-8-7-12(16-5)11(2)10-17/h11-14,16H,6-10H2,1-5H3. The van der Waals surface area contributed by atoms with Gasteiger partial charge >= 0.3 is 0 Å². The maximum absolute atomic E-state index is 5.84. The third kappa shape index (κ3) is 2.45. The molecule has 1 saturated carbocycles. The highest BCUT2D eigenvalue weighted by Gasteiger charge is 2.52. The van der Waals surface area contributed by atoms with E-state index in [2.05, 4.69) is 45.0 Å². The average Bonchev–Trinajstić information content (AvgIpc) is 2.34. The number of nitrogens with zero attached hydrogens (tertiary/aromatic N) is 1. The molecule has 0 amide bonds. The zero-order valence-electron chi connectivity index (χ0n) is 12.7. The molecule has 4 atom stereocenters. The molecule has 1 heterocycles. The van der Waals surface area contributed by atoms with Crippen LogP contribution in [0.15, 0.2) is 0 Å². The van der Waals surface area contributed by atoms with Crippen molar-refractivity contribution in [2.24, 2.45) is 11.3 Å². The fraction of sp³-hybridized carbons (Fsp3) is 1.00. The largest absolute Gasteiger partial charge is 0.378 e. The topological polar surface area (TPSA) is 24.5 Å². The number of piperidine rings is 1. The summed E-state index contributed by atoms with van der Waals surface area (Å²) in [6, 6.07) is 1.42. The van der Waals surface area contributed by atoms with E-state index in [-0.39, 0.29) is 0 Å². The summed E-state index contributed by atoms with van der Waals surface area (Å²) in [6.45, 7) is 12.5. The Bertz CT molecular complexity index is 280. The summed E-state index contributed by atoms with van der Waals surface area (Å²) in [5.41, 5.74) is 0.322. The van der Waals surface area contributed by atoms with Crippen LogP contribution in [0.2, 0.25) is 0 Å². The zero-order valence-corrected chi connectivity index (χ0v) is 12.7. The molecule has 3 nitrogen and oxygen atoms in total. The van der Waals surface area contributed by atoms with E-state index in [4.69, 9.17) is 4.74 Å². The van der Waals surface area contributed by atoms with Crippen LogP contribution in [-0.4, -0.2) is 49.8 Å². The first-order valence-electron chi connectivity index (χ1n) is 7.53. The highest BCUT2D eigenvalue weighted by Crippen LogP contribution is 2.46. The van der Waals surface area contributed by atoms with Crippen LogP contribution in [0.25, 0.3) is 0 Å². The Balaban J connectivity index is 1.91. The van der Waals surface area contributed by atoms with Crippen molar-refractivity contribution in [1.29, 1.82) is 0 Å². The van der Waals surface area contributed by atoms with Gasteiger partial charge in [-0.1, -0.05) is 20.8 Å². The minimum absolute atomic E-state index is 0.322. The molecular formula is C15H30N2O. The molecule has 2 rings (SSSR count). The first kappa shape index (κ1) is 14.3. The Labute approximate surface area is 112 Å². The second-order valence-electron chi connectivity index (χ2n) is 6.67. The van der Waals surface area contributed by atoms with Gasteiger partial charge in [0.2, 0.25) is 0 Å². The third-order valence-corrected chi connectivity index (χ3v) is 5.24. The molecular weight excluding hydrogens is 224 g/mol. The molecule has 0 aromatic rings. The Morgan fingerprint density at radius 3 is 2.61 bits per heavy atom. The minimum Gasteiger partial charge on any atom is -0.378 e. The van der Waals surface area contributed by atoms with Crippen molar-refractivity contribution in [1.82, 2.24) is 10.2 Å². The quantitative estimate of drug-likeness (QED) is 0.832. The maximum Gasteiger partial charge on any atom is 0.0655 e. The summed E-state index contributed by atoms with van der Waals surface area (Å²) in [5.74, 6) is 0.755. The van der Waals surface area contributed by atoms with Crippen molar-refractivity contribution in [2.45, 2.75) is 58.7 Å². The molecule has 0 radical (unpaired) electrons. The number of hydrogen-bond acceptors (Lipinski definition) is 3. The maximum atomic E-state index is 5.84. The zero-order chi connectivity index (χ0) is 13.3. The number of ether oxygens (including phenoxy) is 1. The Morgan fingerprint density at radius 1 is 1.39 bits per heavy atom. The second kappa shape index (κ2) is 5.48. The highest BCUT2D eigenvalue weighted by atomic mass is 16.5. The molecule has 2 fully saturated rings. The summed E-state index contributed by atoms with van der Waals surface area (Å²) in [7, 11) is 2.09. The molecule has 3 heteroatoms. The van der Waals surface area contributed by atoms with Gasteiger partial charge in [0.1, 0.15) is 0 Å². The van der Waals surface area contributed by atoms with Gasteiger partial charge in [-0.2, -0.15) is 0 Å². The minimum atomic E-state index is 0.322. The Morgan fingerprint density at radius 2 is 2.11 bits per heavy atom. The van der Waals surface area contributed by atoms with E-state index >= 15 is 0 Å². The predicted molar refractivity (Wildman–Crippen MR) is 75.8 cm³/mol. The van der Waals surface area contributed by atoms with Gasteiger partial charge in [0.05, 0.1) is 6.10 Å². The lowest BCUT2D eigenvalue weighted by atomic mass is 9.63. The number of rotatable bonds is 4. The fourth-order valence-electron chi connectivity index (χ4n) is 3.86. The van der Waals surface area contributed by atoms with Crippen LogP contribution in [0.1, 0.15) is 40.5 Å². The Hall–Kier alpha value is -0.120. The third-order valence-electron chi connectivity index (χ3n) is 5.24. The monoisotopic (exact) mass is 254 g/mol. The summed E-state index contributed by atoms with van der Waals surface area (Å²) in [5, 5.41) is 3.45. The van der Waals surface area contributed by atoms with Crippen LogP contribution in [-0.2, 0) is 4.74 Å². The summed E-state index contributed by atoms with van der Waals surface area (Å²) in [6.07, 6.45) is 2.96. The van der Waals surface area contributed by atoms with Crippen molar-refractivity contribution in [3.63, 3.8) is 0 Å². The molecule has 0 bridgehead atoms. The summed E-state index contributed by atoms with van der Waals surface area (Å²) in [4.78, 5) is 2.70. The van der Waals surface area contributed by atoms with Gasteiger partial charge in [-0.15, -0.1) is 0 Å². The molecule has 2 aliphatic rings. The van der Waals surface area contributed by atoms with Crippen LogP contribution >= 0.6 is 0 Å². The molecule has 1 N–H and O–H groups in total. The van der Waals surface area contributed by atoms with E-state index in [1.165, 1.54) is 25.9 Å². The SMILES string of the molecule is CCOC1CC(N2CCC(NC)C(C)C2)C1(C)C. The van der Waals surface area contributed by atoms with Crippen LogP contribution < -0.4 is 5.32 Å². The first-order chi connectivity index (χ1) is 8.50. The molecule has 1 saturated heterocycles. The van der Waals surface area contributed by atoms with E-state index in [9.17, 15) is 0 Å². The average molecular weight is 254 g/mol. The van der Waals surface area contributed by atoms with Crippen LogP contribution in [0, 0.1) is 11.3 Å². The predicted octanol–water partition coefficient (Wildman–Crippen LogP) is 2.12. The Kier molecular flexibility index (Phi) is 4.35. The van der Waals surface area contributed by atoms with E-state index in [1.807, 2.05) is 0 Å². The lowest BCUT2D eigenvalue weighted by molar-refractivity contribution is -0.156. The van der Waals surface area contributed by atoms with Gasteiger partial charge < -0.3 is 10.1 Å². The first-order valence-corrected chi connectivity index (χ1v) is 7.53. The van der Waals surface area contributed by atoms with E-state index < -0.39 is 0 Å². The highest BCUT2D eigenvalue weighted by molar-refractivity contribution is 5.05. The van der Waals surface area contributed by atoms with Gasteiger partial charge in [-0.25, -0.2) is 0 Å². The van der Waals surface area contributed by atoms with Crippen molar-refractivity contribution in [3.8, 4) is 0 Å². The van der Waals surface area contributed by atoms with Crippen LogP contribution in [0.3, 0.4) is 0 Å². The summed E-state index contributed by atoms with van der Waals surface area (Å²) < 4.78 is 5.84. The van der Waals surface area contributed by atoms with Crippen molar-refractivity contribution in [3.05, 3.63) is 0 Å². The van der Waals surface area contributed by atoms with Crippen molar-refractivity contribution >= 4 is 0 Å². The van der Waals surface area contributed by atoms with Crippen molar-refractivity contribution in [2.75, 3.05) is 26.7 Å². The smallest absolute Gasteiger partial charge is 0.0655 e. The summed E-state index contributed by atoms with van der Waals surface area (Å²) >= 11 is 0. The lowest BCUT2D eigenvalue weighted by Crippen LogP contribution is -2.64. The molecule has 18 heavy (non-hydrogen) atoms. The van der Waals surface area contributed by atoms with Gasteiger partial charge in [0.25, 0.3) is 0 Å². The van der Waals surface area contributed by atoms with Gasteiger partial charge in [0.15, 0.2) is 0 Å². The van der Waals surface area contributed by atoms with Gasteiger partial charge in [0, 0.05) is 30.7 Å².